The number of carboxylic acid groups (broad SMARTS) is 1. The van der Waals surface area contributed by atoms with Crippen LogP contribution in [0.5, 0.6) is 0 Å². The fraction of sp³-hybridized carbons (Fsp3) is 0.0833. The van der Waals surface area contributed by atoms with Crippen LogP contribution in [0.2, 0.25) is 0 Å². The maximum Gasteiger partial charge on any atom is 0.328 e. The molecule has 0 aliphatic carbocycles. The van der Waals surface area contributed by atoms with E-state index in [1.807, 2.05) is 0 Å². The maximum absolute atomic E-state index is 13.5. The standard InChI is InChI=1S/C12H10FN3O2S/c13-10-3-1-8(5-9(10)2-4-11(17)18)6-19-12-14-7-15-16-12/h1-5,7H,6H2,(H,17,18)(H,14,15,16)/b4-2+. The van der Waals surface area contributed by atoms with Gasteiger partial charge in [0.2, 0.25) is 0 Å². The van der Waals surface area contributed by atoms with Crippen molar-refractivity contribution in [1.29, 1.82) is 0 Å². The van der Waals surface area contributed by atoms with Crippen molar-refractivity contribution in [2.24, 2.45) is 0 Å². The molecule has 2 N–H and O–H groups in total. The molecule has 0 bridgehead atoms. The van der Waals surface area contributed by atoms with Crippen LogP contribution >= 0.6 is 11.8 Å². The van der Waals surface area contributed by atoms with E-state index >= 15 is 0 Å². The average molecular weight is 279 g/mol. The normalized spacial score (nSPS) is 11.0. The van der Waals surface area contributed by atoms with E-state index in [2.05, 4.69) is 15.2 Å². The summed E-state index contributed by atoms with van der Waals surface area (Å²) in [6, 6.07) is 4.58. The quantitative estimate of drug-likeness (QED) is 0.648. The Morgan fingerprint density at radius 1 is 1.53 bits per heavy atom. The Balaban J connectivity index is 2.09. The summed E-state index contributed by atoms with van der Waals surface area (Å²) in [6.45, 7) is 0. The zero-order valence-corrected chi connectivity index (χ0v) is 10.5. The molecule has 0 aliphatic heterocycles. The van der Waals surface area contributed by atoms with Gasteiger partial charge in [-0.2, -0.15) is 5.10 Å². The van der Waals surface area contributed by atoms with Crippen molar-refractivity contribution < 1.29 is 14.3 Å². The van der Waals surface area contributed by atoms with Crippen LogP contribution in [0.15, 0.2) is 35.8 Å². The Labute approximate surface area is 112 Å². The number of benzene rings is 1. The first-order valence-corrected chi connectivity index (χ1v) is 6.31. The van der Waals surface area contributed by atoms with Gasteiger partial charge in [0.15, 0.2) is 5.16 Å². The zero-order valence-electron chi connectivity index (χ0n) is 9.71. The van der Waals surface area contributed by atoms with Crippen molar-refractivity contribution in [3.63, 3.8) is 0 Å². The van der Waals surface area contributed by atoms with E-state index in [1.165, 1.54) is 30.2 Å². The van der Waals surface area contributed by atoms with Crippen LogP contribution in [-0.2, 0) is 10.5 Å². The molecule has 0 spiro atoms. The summed E-state index contributed by atoms with van der Waals surface area (Å²) in [5.41, 5.74) is 1.12. The van der Waals surface area contributed by atoms with Gasteiger partial charge >= 0.3 is 5.97 Å². The minimum absolute atomic E-state index is 0.248. The van der Waals surface area contributed by atoms with E-state index in [-0.39, 0.29) is 5.56 Å². The van der Waals surface area contributed by atoms with E-state index in [1.54, 1.807) is 12.1 Å². The number of carbonyl (C=O) groups is 1. The fourth-order valence-corrected chi connectivity index (χ4v) is 2.11. The molecule has 0 fully saturated rings. The molecule has 1 aromatic carbocycles. The highest BCUT2D eigenvalue weighted by Crippen LogP contribution is 2.20. The van der Waals surface area contributed by atoms with E-state index in [4.69, 9.17) is 5.11 Å². The van der Waals surface area contributed by atoms with Crippen molar-refractivity contribution in [2.75, 3.05) is 0 Å². The molecule has 0 unspecified atom stereocenters. The third-order valence-corrected chi connectivity index (χ3v) is 3.18. The van der Waals surface area contributed by atoms with Crippen LogP contribution in [0.1, 0.15) is 11.1 Å². The lowest BCUT2D eigenvalue weighted by Crippen LogP contribution is -1.90. The van der Waals surface area contributed by atoms with Crippen molar-refractivity contribution in [3.8, 4) is 0 Å². The molecule has 0 radical (unpaired) electrons. The highest BCUT2D eigenvalue weighted by atomic mass is 32.2. The number of rotatable bonds is 5. The van der Waals surface area contributed by atoms with Crippen LogP contribution in [-0.4, -0.2) is 26.3 Å². The monoisotopic (exact) mass is 279 g/mol. The first-order valence-electron chi connectivity index (χ1n) is 5.33. The molecule has 2 aromatic rings. The van der Waals surface area contributed by atoms with Crippen molar-refractivity contribution in [3.05, 3.63) is 47.5 Å². The molecule has 0 saturated heterocycles. The van der Waals surface area contributed by atoms with Gasteiger partial charge in [0, 0.05) is 17.4 Å². The minimum atomic E-state index is -1.11. The summed E-state index contributed by atoms with van der Waals surface area (Å²) >= 11 is 1.43. The summed E-state index contributed by atoms with van der Waals surface area (Å²) in [6.07, 6.45) is 3.56. The molecule has 7 heteroatoms. The first-order chi connectivity index (χ1) is 9.15. The number of carboxylic acids is 1. The Kier molecular flexibility index (Phi) is 4.30. The van der Waals surface area contributed by atoms with Gasteiger partial charge < -0.3 is 5.11 Å². The number of aromatic amines is 1. The fourth-order valence-electron chi connectivity index (χ4n) is 1.39. The van der Waals surface area contributed by atoms with Gasteiger partial charge in [-0.1, -0.05) is 17.8 Å². The number of halogens is 1. The number of aliphatic carboxylic acids is 1. The number of hydrogen-bond donors (Lipinski definition) is 2. The van der Waals surface area contributed by atoms with Gasteiger partial charge in [0.25, 0.3) is 0 Å². The molecule has 2 rings (SSSR count). The second-order valence-corrected chi connectivity index (χ2v) is 4.57. The van der Waals surface area contributed by atoms with Gasteiger partial charge in [0.1, 0.15) is 12.1 Å². The van der Waals surface area contributed by atoms with E-state index in [9.17, 15) is 9.18 Å². The van der Waals surface area contributed by atoms with Gasteiger partial charge in [-0.05, 0) is 23.8 Å². The molecule has 0 amide bonds. The van der Waals surface area contributed by atoms with Crippen LogP contribution in [0.25, 0.3) is 6.08 Å². The topological polar surface area (TPSA) is 78.9 Å². The van der Waals surface area contributed by atoms with E-state index in [0.717, 1.165) is 11.6 Å². The van der Waals surface area contributed by atoms with Crippen molar-refractivity contribution in [2.45, 2.75) is 10.9 Å². The molecular formula is C12H10FN3O2S. The number of nitrogens with zero attached hydrogens (tertiary/aromatic N) is 2. The summed E-state index contributed by atoms with van der Waals surface area (Å²) < 4.78 is 13.5. The number of nitrogens with one attached hydrogen (secondary N) is 1. The minimum Gasteiger partial charge on any atom is -0.478 e. The predicted octanol–water partition coefficient (Wildman–Crippen LogP) is 2.33. The predicted molar refractivity (Wildman–Crippen MR) is 69.0 cm³/mol. The molecule has 0 saturated carbocycles. The van der Waals surface area contributed by atoms with Crippen molar-refractivity contribution >= 4 is 23.8 Å². The number of H-pyrrole nitrogens is 1. The van der Waals surface area contributed by atoms with Gasteiger partial charge in [-0.15, -0.1) is 0 Å². The molecule has 1 heterocycles. The Morgan fingerprint density at radius 2 is 2.37 bits per heavy atom. The molecule has 0 aliphatic rings. The van der Waals surface area contributed by atoms with E-state index < -0.39 is 11.8 Å². The van der Waals surface area contributed by atoms with Crippen LogP contribution < -0.4 is 0 Å². The number of thioether (sulfide) groups is 1. The van der Waals surface area contributed by atoms with Crippen LogP contribution in [0.4, 0.5) is 4.39 Å². The summed E-state index contributed by atoms with van der Waals surface area (Å²) in [4.78, 5) is 14.4. The molecular weight excluding hydrogens is 269 g/mol. The van der Waals surface area contributed by atoms with Crippen LogP contribution in [0, 0.1) is 5.82 Å². The van der Waals surface area contributed by atoms with Gasteiger partial charge in [0.05, 0.1) is 0 Å². The van der Waals surface area contributed by atoms with E-state index in [0.29, 0.717) is 10.9 Å². The third-order valence-electron chi connectivity index (χ3n) is 2.23. The Bertz CT molecular complexity index is 599. The Morgan fingerprint density at radius 3 is 3.05 bits per heavy atom. The second-order valence-electron chi connectivity index (χ2n) is 3.61. The lowest BCUT2D eigenvalue weighted by Gasteiger charge is -2.02. The molecule has 98 valence electrons. The molecule has 0 atom stereocenters. The molecule has 19 heavy (non-hydrogen) atoms. The largest absolute Gasteiger partial charge is 0.478 e. The molecule has 5 nitrogen and oxygen atoms in total. The summed E-state index contributed by atoms with van der Waals surface area (Å²) in [5.74, 6) is -0.977. The smallest absolute Gasteiger partial charge is 0.328 e. The SMILES string of the molecule is O=C(O)/C=C/c1cc(CSc2ncn[nH]2)ccc1F. The first kappa shape index (κ1) is 13.3. The highest BCUT2D eigenvalue weighted by molar-refractivity contribution is 7.98. The zero-order chi connectivity index (χ0) is 13.7. The van der Waals surface area contributed by atoms with Crippen molar-refractivity contribution in [1.82, 2.24) is 15.2 Å². The highest BCUT2D eigenvalue weighted by Gasteiger charge is 2.03. The second kappa shape index (κ2) is 6.14. The maximum atomic E-state index is 13.5. The van der Waals surface area contributed by atoms with Gasteiger partial charge in [-0.3, -0.25) is 5.10 Å². The Hall–Kier alpha value is -2.15. The summed E-state index contributed by atoms with van der Waals surface area (Å²) in [5, 5.41) is 15.6. The average Bonchev–Trinajstić information content (AvgIpc) is 2.89. The molecule has 1 aromatic heterocycles. The van der Waals surface area contributed by atoms with Crippen LogP contribution in [0.3, 0.4) is 0 Å². The third kappa shape index (κ3) is 3.92. The van der Waals surface area contributed by atoms with Gasteiger partial charge in [-0.25, -0.2) is 14.2 Å². The number of hydrogen-bond acceptors (Lipinski definition) is 4. The number of aromatic nitrogens is 3. The lowest BCUT2D eigenvalue weighted by atomic mass is 10.1. The lowest BCUT2D eigenvalue weighted by molar-refractivity contribution is -0.131. The summed E-state index contributed by atoms with van der Waals surface area (Å²) in [7, 11) is 0.